The van der Waals surface area contributed by atoms with Gasteiger partial charge in [0, 0.05) is 31.5 Å². The molecule has 1 amide bonds. The lowest BCUT2D eigenvalue weighted by Crippen LogP contribution is -2.47. The van der Waals surface area contributed by atoms with Crippen molar-refractivity contribution >= 4 is 17.5 Å². The Balaban J connectivity index is 1.50. The number of aryl methyl sites for hydroxylation is 1. The van der Waals surface area contributed by atoms with Gasteiger partial charge in [-0.2, -0.15) is 0 Å². The maximum atomic E-state index is 14.3. The molecule has 2 saturated heterocycles. The lowest BCUT2D eigenvalue weighted by atomic mass is 10.2. The number of carbonyl (C=O) groups is 1. The predicted octanol–water partition coefficient (Wildman–Crippen LogP) is 1.51. The van der Waals surface area contributed by atoms with Gasteiger partial charge >= 0.3 is 0 Å². The van der Waals surface area contributed by atoms with E-state index >= 15 is 0 Å². The normalized spacial score (nSPS) is 21.7. The van der Waals surface area contributed by atoms with E-state index in [9.17, 15) is 9.18 Å². The molecule has 2 aliphatic rings. The fraction of sp³-hybridized carbons (Fsp3) is 0.353. The van der Waals surface area contributed by atoms with Crippen LogP contribution in [0.25, 0.3) is 0 Å². The standard InChI is InChI=1S/C17H18FN5O2/c1-10-2-3-15(14(18)4-10)22-8-13-5-12(22)9-23(13)17-19-6-11(7-20-17)16(24)21-25/h2-4,6-7,12-13,25H,5,8-9H2,1H3,(H,21,24)/t12-,13-/m1/s1. The van der Waals surface area contributed by atoms with Gasteiger partial charge in [-0.3, -0.25) is 10.0 Å². The second kappa shape index (κ2) is 5.96. The van der Waals surface area contributed by atoms with Gasteiger partial charge in [0.05, 0.1) is 17.3 Å². The van der Waals surface area contributed by atoms with Crippen molar-refractivity contribution in [2.24, 2.45) is 0 Å². The van der Waals surface area contributed by atoms with Gasteiger partial charge in [-0.05, 0) is 31.0 Å². The Bertz CT molecular complexity index is 813. The van der Waals surface area contributed by atoms with Crippen LogP contribution in [0, 0.1) is 12.7 Å². The fourth-order valence-electron chi connectivity index (χ4n) is 3.70. The van der Waals surface area contributed by atoms with Gasteiger partial charge in [0.2, 0.25) is 5.95 Å². The number of piperazine rings is 1. The van der Waals surface area contributed by atoms with Gasteiger partial charge in [-0.25, -0.2) is 19.8 Å². The molecule has 0 saturated carbocycles. The van der Waals surface area contributed by atoms with E-state index in [1.54, 1.807) is 11.5 Å². The third kappa shape index (κ3) is 2.68. The van der Waals surface area contributed by atoms with Crippen molar-refractivity contribution in [1.82, 2.24) is 15.4 Å². The first-order valence-corrected chi connectivity index (χ1v) is 8.12. The van der Waals surface area contributed by atoms with E-state index in [4.69, 9.17) is 5.21 Å². The van der Waals surface area contributed by atoms with Crippen LogP contribution >= 0.6 is 0 Å². The minimum atomic E-state index is -0.643. The van der Waals surface area contributed by atoms with Crippen molar-refractivity contribution < 1.29 is 14.4 Å². The highest BCUT2D eigenvalue weighted by atomic mass is 19.1. The highest BCUT2D eigenvalue weighted by Crippen LogP contribution is 2.37. The van der Waals surface area contributed by atoms with Crippen LogP contribution < -0.4 is 15.3 Å². The summed E-state index contributed by atoms with van der Waals surface area (Å²) in [6, 6.07) is 5.76. The summed E-state index contributed by atoms with van der Waals surface area (Å²) in [6.07, 6.45) is 3.70. The van der Waals surface area contributed by atoms with Gasteiger partial charge in [-0.15, -0.1) is 0 Å². The Morgan fingerprint density at radius 3 is 2.52 bits per heavy atom. The molecule has 8 heteroatoms. The molecule has 25 heavy (non-hydrogen) atoms. The number of nitrogens with one attached hydrogen (secondary N) is 1. The maximum absolute atomic E-state index is 14.3. The summed E-state index contributed by atoms with van der Waals surface area (Å²) in [5.74, 6) is -0.281. The number of rotatable bonds is 3. The first-order chi connectivity index (χ1) is 12.1. The Morgan fingerprint density at radius 2 is 1.92 bits per heavy atom. The summed E-state index contributed by atoms with van der Waals surface area (Å²) in [6.45, 7) is 3.30. The Labute approximate surface area is 144 Å². The zero-order chi connectivity index (χ0) is 17.6. The molecule has 2 aromatic rings. The summed E-state index contributed by atoms with van der Waals surface area (Å²) < 4.78 is 14.3. The van der Waals surface area contributed by atoms with Crippen LogP contribution in [0.3, 0.4) is 0 Å². The second-order valence-electron chi connectivity index (χ2n) is 6.52. The first-order valence-electron chi connectivity index (χ1n) is 8.12. The summed E-state index contributed by atoms with van der Waals surface area (Å²) in [4.78, 5) is 24.0. The minimum absolute atomic E-state index is 0.185. The summed E-state index contributed by atoms with van der Waals surface area (Å²) in [7, 11) is 0. The van der Waals surface area contributed by atoms with Crippen LogP contribution in [0.1, 0.15) is 22.3 Å². The first kappa shape index (κ1) is 15.8. The number of carbonyl (C=O) groups excluding carboxylic acids is 1. The number of amides is 1. The summed E-state index contributed by atoms with van der Waals surface area (Å²) in [5, 5.41) is 8.63. The van der Waals surface area contributed by atoms with Crippen LogP contribution in [0.5, 0.6) is 0 Å². The van der Waals surface area contributed by atoms with Gasteiger partial charge < -0.3 is 9.80 Å². The highest BCUT2D eigenvalue weighted by molar-refractivity contribution is 5.92. The Hall–Kier alpha value is -2.74. The van der Waals surface area contributed by atoms with Crippen molar-refractivity contribution in [3.63, 3.8) is 0 Å². The van der Waals surface area contributed by atoms with Gasteiger partial charge in [0.15, 0.2) is 0 Å². The molecule has 4 rings (SSSR count). The highest BCUT2D eigenvalue weighted by Gasteiger charge is 2.45. The molecule has 1 aromatic heterocycles. The molecule has 0 radical (unpaired) electrons. The predicted molar refractivity (Wildman–Crippen MR) is 89.3 cm³/mol. The molecule has 0 spiro atoms. The van der Waals surface area contributed by atoms with Crippen molar-refractivity contribution in [2.45, 2.75) is 25.4 Å². The molecular weight excluding hydrogens is 325 g/mol. The van der Waals surface area contributed by atoms with E-state index in [-0.39, 0.29) is 23.5 Å². The van der Waals surface area contributed by atoms with Crippen LogP contribution in [0.4, 0.5) is 16.0 Å². The molecule has 2 N–H and O–H groups in total. The molecule has 0 aliphatic carbocycles. The molecular formula is C17H18FN5O2. The number of aromatic nitrogens is 2. The third-order valence-electron chi connectivity index (χ3n) is 4.91. The second-order valence-corrected chi connectivity index (χ2v) is 6.52. The number of hydrogen-bond donors (Lipinski definition) is 2. The molecule has 2 bridgehead atoms. The molecule has 130 valence electrons. The smallest absolute Gasteiger partial charge is 0.277 e. The van der Waals surface area contributed by atoms with E-state index in [0.717, 1.165) is 12.0 Å². The Morgan fingerprint density at radius 1 is 1.24 bits per heavy atom. The number of anilines is 2. The molecule has 7 nitrogen and oxygen atoms in total. The molecule has 2 aliphatic heterocycles. The molecule has 3 heterocycles. The topological polar surface area (TPSA) is 81.6 Å². The molecule has 2 atom stereocenters. The summed E-state index contributed by atoms with van der Waals surface area (Å²) in [5.41, 5.74) is 3.31. The monoisotopic (exact) mass is 343 g/mol. The summed E-state index contributed by atoms with van der Waals surface area (Å²) >= 11 is 0. The van der Waals surface area contributed by atoms with E-state index in [1.165, 1.54) is 12.4 Å². The van der Waals surface area contributed by atoms with E-state index in [1.807, 2.05) is 19.1 Å². The van der Waals surface area contributed by atoms with Crippen LogP contribution in [0.2, 0.25) is 0 Å². The van der Waals surface area contributed by atoms with E-state index in [2.05, 4.69) is 19.8 Å². The number of hydrogen-bond acceptors (Lipinski definition) is 6. The largest absolute Gasteiger partial charge is 0.362 e. The average molecular weight is 343 g/mol. The molecule has 0 unspecified atom stereocenters. The van der Waals surface area contributed by atoms with Crippen LogP contribution in [0.15, 0.2) is 30.6 Å². The number of nitrogens with zero attached hydrogens (tertiary/aromatic N) is 4. The van der Waals surface area contributed by atoms with Crippen molar-refractivity contribution in [1.29, 1.82) is 0 Å². The minimum Gasteiger partial charge on any atom is -0.362 e. The lowest BCUT2D eigenvalue weighted by Gasteiger charge is -2.35. The third-order valence-corrected chi connectivity index (χ3v) is 4.91. The van der Waals surface area contributed by atoms with E-state index < -0.39 is 5.91 Å². The van der Waals surface area contributed by atoms with Gasteiger partial charge in [-0.1, -0.05) is 6.07 Å². The zero-order valence-corrected chi connectivity index (χ0v) is 13.7. The van der Waals surface area contributed by atoms with E-state index in [0.29, 0.717) is 24.7 Å². The maximum Gasteiger partial charge on any atom is 0.277 e. The van der Waals surface area contributed by atoms with Crippen molar-refractivity contribution in [3.8, 4) is 0 Å². The number of hydroxylamine groups is 1. The van der Waals surface area contributed by atoms with Gasteiger partial charge in [0.25, 0.3) is 5.91 Å². The molecule has 2 fully saturated rings. The number of fused-ring (bicyclic) bond motifs is 2. The lowest BCUT2D eigenvalue weighted by molar-refractivity contribution is 0.0705. The number of halogens is 1. The van der Waals surface area contributed by atoms with Gasteiger partial charge in [0.1, 0.15) is 5.82 Å². The van der Waals surface area contributed by atoms with Crippen LogP contribution in [-0.4, -0.2) is 46.3 Å². The fourth-order valence-corrected chi connectivity index (χ4v) is 3.70. The molecule has 1 aromatic carbocycles. The SMILES string of the molecule is Cc1ccc(N2C[C@H]3C[C@@H]2CN3c2ncc(C(=O)NO)cn2)c(F)c1. The number of benzene rings is 1. The average Bonchev–Trinajstić information content (AvgIpc) is 3.22. The van der Waals surface area contributed by atoms with Crippen LogP contribution in [-0.2, 0) is 0 Å². The van der Waals surface area contributed by atoms with Crippen molar-refractivity contribution in [3.05, 3.63) is 47.5 Å². The van der Waals surface area contributed by atoms with Crippen molar-refractivity contribution in [2.75, 3.05) is 22.9 Å². The quantitative estimate of drug-likeness (QED) is 0.649. The zero-order valence-electron chi connectivity index (χ0n) is 13.7. The Kier molecular flexibility index (Phi) is 3.76.